The highest BCUT2D eigenvalue weighted by Gasteiger charge is 2.20. The Morgan fingerprint density at radius 3 is 3.00 bits per heavy atom. The van der Waals surface area contributed by atoms with Crippen LogP contribution in [0, 0.1) is 0 Å². The van der Waals surface area contributed by atoms with Crippen molar-refractivity contribution in [2.75, 3.05) is 6.61 Å². The molecule has 0 aliphatic heterocycles. The lowest BCUT2D eigenvalue weighted by atomic mass is 9.93. The summed E-state index contributed by atoms with van der Waals surface area (Å²) in [7, 11) is 0. The average molecular weight is 181 g/mol. The van der Waals surface area contributed by atoms with Crippen molar-refractivity contribution in [3.05, 3.63) is 18.0 Å². The zero-order valence-electron chi connectivity index (χ0n) is 7.56. The molecule has 1 unspecified atom stereocenters. The first kappa shape index (κ1) is 8.72. The van der Waals surface area contributed by atoms with Gasteiger partial charge in [-0.05, 0) is 19.3 Å². The molecule has 0 amide bonds. The van der Waals surface area contributed by atoms with Gasteiger partial charge in [0.05, 0.1) is 24.9 Å². The molecule has 1 aromatic rings. The van der Waals surface area contributed by atoms with Gasteiger partial charge < -0.3 is 10.8 Å². The van der Waals surface area contributed by atoms with E-state index in [0.717, 1.165) is 5.56 Å². The van der Waals surface area contributed by atoms with Crippen LogP contribution >= 0.6 is 0 Å². The molecule has 1 aliphatic rings. The highest BCUT2D eigenvalue weighted by atomic mass is 16.3. The number of nitrogens with two attached hydrogens (primary N) is 1. The Hall–Kier alpha value is -0.870. The quantitative estimate of drug-likeness (QED) is 0.717. The van der Waals surface area contributed by atoms with E-state index in [4.69, 9.17) is 10.8 Å². The molecule has 4 nitrogen and oxygen atoms in total. The highest BCUT2D eigenvalue weighted by molar-refractivity contribution is 5.10. The molecule has 1 aliphatic carbocycles. The van der Waals surface area contributed by atoms with Crippen LogP contribution in [0.1, 0.15) is 36.9 Å². The van der Waals surface area contributed by atoms with E-state index < -0.39 is 0 Å². The fourth-order valence-electron chi connectivity index (χ4n) is 1.50. The summed E-state index contributed by atoms with van der Waals surface area (Å²) in [5.41, 5.74) is 6.59. The van der Waals surface area contributed by atoms with Gasteiger partial charge in [-0.2, -0.15) is 5.10 Å². The van der Waals surface area contributed by atoms with Crippen LogP contribution in [0.5, 0.6) is 0 Å². The van der Waals surface area contributed by atoms with Crippen LogP contribution in [-0.4, -0.2) is 21.5 Å². The van der Waals surface area contributed by atoms with Gasteiger partial charge in [0, 0.05) is 11.8 Å². The molecular weight excluding hydrogens is 166 g/mol. The van der Waals surface area contributed by atoms with E-state index in [1.807, 2.05) is 10.9 Å². The van der Waals surface area contributed by atoms with E-state index in [1.165, 1.54) is 19.3 Å². The third-order valence-electron chi connectivity index (χ3n) is 2.70. The number of hydrogen-bond donors (Lipinski definition) is 2. The van der Waals surface area contributed by atoms with E-state index in [-0.39, 0.29) is 12.6 Å². The van der Waals surface area contributed by atoms with Gasteiger partial charge >= 0.3 is 0 Å². The molecule has 0 radical (unpaired) electrons. The molecule has 0 bridgehead atoms. The minimum atomic E-state index is -0.283. The summed E-state index contributed by atoms with van der Waals surface area (Å²) in [4.78, 5) is 0. The van der Waals surface area contributed by atoms with Crippen LogP contribution < -0.4 is 5.73 Å². The van der Waals surface area contributed by atoms with Crippen molar-refractivity contribution in [2.45, 2.75) is 31.3 Å². The molecule has 0 saturated heterocycles. The molecule has 1 atom stereocenters. The Balaban J connectivity index is 2.08. The summed E-state index contributed by atoms with van der Waals surface area (Å²) in [6.45, 7) is -0.0175. The van der Waals surface area contributed by atoms with Crippen molar-refractivity contribution in [3.63, 3.8) is 0 Å². The predicted octanol–water partition coefficient (Wildman–Crippen LogP) is 0.600. The first-order valence-electron chi connectivity index (χ1n) is 4.71. The third kappa shape index (κ3) is 1.59. The van der Waals surface area contributed by atoms with Crippen LogP contribution in [0.25, 0.3) is 0 Å². The first-order valence-corrected chi connectivity index (χ1v) is 4.71. The largest absolute Gasteiger partial charge is 0.394 e. The Morgan fingerprint density at radius 2 is 2.46 bits per heavy atom. The molecule has 3 N–H and O–H groups in total. The molecule has 2 rings (SSSR count). The minimum Gasteiger partial charge on any atom is -0.394 e. The van der Waals surface area contributed by atoms with Gasteiger partial charge in [-0.25, -0.2) is 0 Å². The summed E-state index contributed by atoms with van der Waals surface area (Å²) in [6, 6.07) is 0.286. The van der Waals surface area contributed by atoms with Gasteiger partial charge in [0.1, 0.15) is 0 Å². The Labute approximate surface area is 77.4 Å². The highest BCUT2D eigenvalue weighted by Crippen LogP contribution is 2.31. The Bertz CT molecular complexity index is 261. The minimum absolute atomic E-state index is 0.0175. The summed E-state index contributed by atoms with van der Waals surface area (Å²) < 4.78 is 1.97. The van der Waals surface area contributed by atoms with Crippen molar-refractivity contribution in [1.29, 1.82) is 0 Å². The Morgan fingerprint density at radius 1 is 1.69 bits per heavy atom. The van der Waals surface area contributed by atoms with E-state index in [1.54, 1.807) is 6.20 Å². The molecule has 0 spiro atoms. The molecule has 4 heteroatoms. The van der Waals surface area contributed by atoms with Crippen LogP contribution in [0.3, 0.4) is 0 Å². The van der Waals surface area contributed by atoms with Crippen molar-refractivity contribution < 1.29 is 5.11 Å². The van der Waals surface area contributed by atoms with Gasteiger partial charge in [0.2, 0.25) is 0 Å². The fraction of sp³-hybridized carbons (Fsp3) is 0.667. The molecule has 13 heavy (non-hydrogen) atoms. The van der Waals surface area contributed by atoms with Crippen molar-refractivity contribution in [1.82, 2.24) is 9.78 Å². The molecule has 1 aromatic heterocycles. The number of aliphatic hydroxyl groups is 1. The maximum absolute atomic E-state index is 8.85. The molecule has 1 fully saturated rings. The van der Waals surface area contributed by atoms with Crippen LogP contribution in [0.2, 0.25) is 0 Å². The first-order chi connectivity index (χ1) is 6.31. The maximum atomic E-state index is 8.85. The fourth-order valence-corrected chi connectivity index (χ4v) is 1.50. The summed E-state index contributed by atoms with van der Waals surface area (Å²) in [5.74, 6) is 0. The topological polar surface area (TPSA) is 64.1 Å². The second-order valence-corrected chi connectivity index (χ2v) is 3.63. The molecule has 0 aromatic carbocycles. The van der Waals surface area contributed by atoms with Crippen molar-refractivity contribution in [2.24, 2.45) is 5.73 Å². The van der Waals surface area contributed by atoms with Crippen LogP contribution in [0.15, 0.2) is 12.4 Å². The third-order valence-corrected chi connectivity index (χ3v) is 2.70. The van der Waals surface area contributed by atoms with Crippen molar-refractivity contribution in [3.8, 4) is 0 Å². The normalized spacial score (nSPS) is 19.8. The van der Waals surface area contributed by atoms with Crippen LogP contribution in [-0.2, 0) is 0 Å². The lowest BCUT2D eigenvalue weighted by Gasteiger charge is -2.25. The SMILES string of the molecule is NC(CO)c1cnn(C2CCC2)c1. The monoisotopic (exact) mass is 181 g/mol. The predicted molar refractivity (Wildman–Crippen MR) is 49.1 cm³/mol. The van der Waals surface area contributed by atoms with Gasteiger partial charge in [0.15, 0.2) is 0 Å². The van der Waals surface area contributed by atoms with E-state index in [0.29, 0.717) is 6.04 Å². The summed E-state index contributed by atoms with van der Waals surface area (Å²) >= 11 is 0. The van der Waals surface area contributed by atoms with Crippen LogP contribution in [0.4, 0.5) is 0 Å². The standard InChI is InChI=1S/C9H15N3O/c10-9(6-13)7-4-11-12(5-7)8-2-1-3-8/h4-5,8-9,13H,1-3,6,10H2. The lowest BCUT2D eigenvalue weighted by Crippen LogP contribution is -2.17. The smallest absolute Gasteiger partial charge is 0.0625 e. The molecule has 1 saturated carbocycles. The summed E-state index contributed by atoms with van der Waals surface area (Å²) in [5, 5.41) is 13.1. The zero-order valence-corrected chi connectivity index (χ0v) is 7.56. The lowest BCUT2D eigenvalue weighted by molar-refractivity contribution is 0.267. The molecule has 72 valence electrons. The van der Waals surface area contributed by atoms with Crippen molar-refractivity contribution >= 4 is 0 Å². The van der Waals surface area contributed by atoms with Gasteiger partial charge in [0.25, 0.3) is 0 Å². The number of hydrogen-bond acceptors (Lipinski definition) is 3. The Kier molecular flexibility index (Phi) is 2.33. The molecular formula is C9H15N3O. The number of aliphatic hydroxyl groups excluding tert-OH is 1. The van der Waals surface area contributed by atoms with E-state index >= 15 is 0 Å². The van der Waals surface area contributed by atoms with E-state index in [2.05, 4.69) is 5.10 Å². The number of aromatic nitrogens is 2. The van der Waals surface area contributed by atoms with E-state index in [9.17, 15) is 0 Å². The van der Waals surface area contributed by atoms with Gasteiger partial charge in [-0.15, -0.1) is 0 Å². The zero-order chi connectivity index (χ0) is 9.26. The molecule has 1 heterocycles. The van der Waals surface area contributed by atoms with Gasteiger partial charge in [-0.3, -0.25) is 4.68 Å². The maximum Gasteiger partial charge on any atom is 0.0625 e. The number of nitrogens with zero attached hydrogens (tertiary/aromatic N) is 2. The number of rotatable bonds is 3. The van der Waals surface area contributed by atoms with Gasteiger partial charge in [-0.1, -0.05) is 0 Å². The second kappa shape index (κ2) is 3.47. The second-order valence-electron chi connectivity index (χ2n) is 3.63. The average Bonchev–Trinajstić information content (AvgIpc) is 2.49. The summed E-state index contributed by atoms with van der Waals surface area (Å²) in [6.07, 6.45) is 7.43.